The number of ether oxygens (including phenoxy) is 1. The van der Waals surface area contributed by atoms with Gasteiger partial charge >= 0.3 is 5.97 Å². The molecule has 0 amide bonds. The molecule has 94 valence electrons. The molecule has 0 aliphatic carbocycles. The van der Waals surface area contributed by atoms with E-state index in [-0.39, 0.29) is 5.97 Å². The molecule has 2 heteroatoms. The maximum absolute atomic E-state index is 11.9. The average molecular weight is 234 g/mol. The van der Waals surface area contributed by atoms with Crippen molar-refractivity contribution in [1.29, 1.82) is 0 Å². The maximum Gasteiger partial charge on any atom is 0.338 e. The minimum Gasteiger partial charge on any atom is -0.456 e. The van der Waals surface area contributed by atoms with Gasteiger partial charge in [0.05, 0.1) is 5.56 Å². The standard InChI is InChI=1S/C15H22O2/c1-10(2)12-7-8-13(11(3)9-12)14(16)17-15(4,5)6/h7-10H,1-6H3. The number of carbonyl (C=O) groups is 1. The van der Waals surface area contributed by atoms with Gasteiger partial charge in [-0.3, -0.25) is 0 Å². The lowest BCUT2D eigenvalue weighted by Gasteiger charge is -2.20. The van der Waals surface area contributed by atoms with E-state index < -0.39 is 5.60 Å². The van der Waals surface area contributed by atoms with Crippen LogP contribution in [-0.2, 0) is 4.74 Å². The van der Waals surface area contributed by atoms with Crippen LogP contribution in [0.4, 0.5) is 0 Å². The molecule has 0 aromatic heterocycles. The lowest BCUT2D eigenvalue weighted by molar-refractivity contribution is 0.00687. The van der Waals surface area contributed by atoms with Crippen molar-refractivity contribution in [2.24, 2.45) is 0 Å². The Balaban J connectivity index is 2.96. The van der Waals surface area contributed by atoms with Crippen LogP contribution in [0.1, 0.15) is 62.0 Å². The molecule has 0 saturated heterocycles. The summed E-state index contributed by atoms with van der Waals surface area (Å²) in [4.78, 5) is 11.9. The second kappa shape index (κ2) is 4.91. The number of hydrogen-bond donors (Lipinski definition) is 0. The highest BCUT2D eigenvalue weighted by molar-refractivity contribution is 5.91. The normalized spacial score (nSPS) is 11.7. The van der Waals surface area contributed by atoms with Crippen molar-refractivity contribution in [1.82, 2.24) is 0 Å². The summed E-state index contributed by atoms with van der Waals surface area (Å²) in [5, 5.41) is 0. The Morgan fingerprint density at radius 2 is 1.82 bits per heavy atom. The zero-order valence-corrected chi connectivity index (χ0v) is 11.6. The molecule has 0 unspecified atom stereocenters. The van der Waals surface area contributed by atoms with Crippen LogP contribution in [0.2, 0.25) is 0 Å². The average Bonchev–Trinajstić information content (AvgIpc) is 2.14. The monoisotopic (exact) mass is 234 g/mol. The van der Waals surface area contributed by atoms with Gasteiger partial charge in [-0.2, -0.15) is 0 Å². The van der Waals surface area contributed by atoms with Gasteiger partial charge < -0.3 is 4.74 Å². The minimum absolute atomic E-state index is 0.245. The Bertz CT molecular complexity index is 411. The van der Waals surface area contributed by atoms with Gasteiger partial charge in [0.1, 0.15) is 5.60 Å². The van der Waals surface area contributed by atoms with E-state index in [1.165, 1.54) is 5.56 Å². The molecule has 1 aromatic carbocycles. The molecule has 0 aliphatic heterocycles. The number of benzene rings is 1. The predicted molar refractivity (Wildman–Crippen MR) is 70.4 cm³/mol. The highest BCUT2D eigenvalue weighted by atomic mass is 16.6. The van der Waals surface area contributed by atoms with Gasteiger partial charge in [-0.1, -0.05) is 26.0 Å². The Kier molecular flexibility index (Phi) is 3.97. The van der Waals surface area contributed by atoms with E-state index in [1.807, 2.05) is 39.8 Å². The van der Waals surface area contributed by atoms with Crippen molar-refractivity contribution in [3.63, 3.8) is 0 Å². The largest absolute Gasteiger partial charge is 0.456 e. The fourth-order valence-corrected chi connectivity index (χ4v) is 1.61. The molecule has 0 atom stereocenters. The topological polar surface area (TPSA) is 26.3 Å². The Morgan fingerprint density at radius 3 is 2.24 bits per heavy atom. The third-order valence-corrected chi connectivity index (χ3v) is 2.54. The van der Waals surface area contributed by atoms with Crippen molar-refractivity contribution >= 4 is 5.97 Å². The molecule has 1 rings (SSSR count). The van der Waals surface area contributed by atoms with Crippen LogP contribution in [0.25, 0.3) is 0 Å². The van der Waals surface area contributed by atoms with Crippen molar-refractivity contribution in [3.05, 3.63) is 34.9 Å². The Labute approximate surface area is 104 Å². The van der Waals surface area contributed by atoms with Gasteiger partial charge in [-0.05, 0) is 50.8 Å². The summed E-state index contributed by atoms with van der Waals surface area (Å²) in [5.74, 6) is 0.228. The second-order valence-electron chi connectivity index (χ2n) is 5.73. The van der Waals surface area contributed by atoms with Gasteiger partial charge in [0, 0.05) is 0 Å². The van der Waals surface area contributed by atoms with Crippen LogP contribution < -0.4 is 0 Å². The van der Waals surface area contributed by atoms with Crippen LogP contribution in [0.5, 0.6) is 0 Å². The van der Waals surface area contributed by atoms with Gasteiger partial charge in [-0.15, -0.1) is 0 Å². The van der Waals surface area contributed by atoms with E-state index in [1.54, 1.807) is 0 Å². The SMILES string of the molecule is Cc1cc(C(C)C)ccc1C(=O)OC(C)(C)C. The van der Waals surface area contributed by atoms with Crippen LogP contribution in [0.15, 0.2) is 18.2 Å². The third kappa shape index (κ3) is 3.88. The van der Waals surface area contributed by atoms with E-state index in [0.29, 0.717) is 11.5 Å². The lowest BCUT2D eigenvalue weighted by atomic mass is 9.98. The molecule has 0 bridgehead atoms. The third-order valence-electron chi connectivity index (χ3n) is 2.54. The van der Waals surface area contributed by atoms with Gasteiger partial charge in [0.15, 0.2) is 0 Å². The zero-order valence-electron chi connectivity index (χ0n) is 11.6. The Morgan fingerprint density at radius 1 is 1.24 bits per heavy atom. The second-order valence-corrected chi connectivity index (χ2v) is 5.73. The molecule has 0 spiro atoms. The van der Waals surface area contributed by atoms with Crippen LogP contribution in [-0.4, -0.2) is 11.6 Å². The molecule has 0 heterocycles. The summed E-state index contributed by atoms with van der Waals surface area (Å²) in [6, 6.07) is 5.92. The van der Waals surface area contributed by atoms with Crippen molar-refractivity contribution in [2.45, 2.75) is 53.1 Å². The molecular formula is C15H22O2. The molecular weight excluding hydrogens is 212 g/mol. The molecule has 17 heavy (non-hydrogen) atoms. The summed E-state index contributed by atoms with van der Waals surface area (Å²) < 4.78 is 5.37. The highest BCUT2D eigenvalue weighted by Gasteiger charge is 2.19. The first kappa shape index (κ1) is 13.8. The molecule has 0 radical (unpaired) electrons. The fourth-order valence-electron chi connectivity index (χ4n) is 1.61. The fraction of sp³-hybridized carbons (Fsp3) is 0.533. The maximum atomic E-state index is 11.9. The number of rotatable bonds is 2. The number of esters is 1. The molecule has 0 aliphatic rings. The van der Waals surface area contributed by atoms with Gasteiger partial charge in [0.2, 0.25) is 0 Å². The van der Waals surface area contributed by atoms with E-state index in [0.717, 1.165) is 5.56 Å². The molecule has 0 saturated carbocycles. The van der Waals surface area contributed by atoms with Crippen LogP contribution in [0, 0.1) is 6.92 Å². The summed E-state index contributed by atoms with van der Waals surface area (Å²) >= 11 is 0. The van der Waals surface area contributed by atoms with Crippen LogP contribution >= 0.6 is 0 Å². The molecule has 0 N–H and O–H groups in total. The van der Waals surface area contributed by atoms with Crippen molar-refractivity contribution < 1.29 is 9.53 Å². The van der Waals surface area contributed by atoms with Gasteiger partial charge in [0.25, 0.3) is 0 Å². The Hall–Kier alpha value is -1.31. The zero-order chi connectivity index (χ0) is 13.2. The summed E-state index contributed by atoms with van der Waals surface area (Å²) in [7, 11) is 0. The first-order valence-electron chi connectivity index (χ1n) is 6.04. The quantitative estimate of drug-likeness (QED) is 0.721. The minimum atomic E-state index is -0.444. The van der Waals surface area contributed by atoms with Gasteiger partial charge in [-0.25, -0.2) is 4.79 Å². The number of aryl methyl sites for hydroxylation is 1. The molecule has 0 fully saturated rings. The van der Waals surface area contributed by atoms with Crippen molar-refractivity contribution in [2.75, 3.05) is 0 Å². The summed E-state index contributed by atoms with van der Waals surface area (Å²) in [5.41, 5.74) is 2.44. The lowest BCUT2D eigenvalue weighted by Crippen LogP contribution is -2.24. The number of hydrogen-bond acceptors (Lipinski definition) is 2. The van der Waals surface area contributed by atoms with E-state index in [4.69, 9.17) is 4.74 Å². The van der Waals surface area contributed by atoms with Crippen LogP contribution in [0.3, 0.4) is 0 Å². The summed E-state index contributed by atoms with van der Waals surface area (Å²) in [6.07, 6.45) is 0. The van der Waals surface area contributed by atoms with E-state index in [2.05, 4.69) is 19.9 Å². The smallest absolute Gasteiger partial charge is 0.338 e. The molecule has 1 aromatic rings. The first-order valence-corrected chi connectivity index (χ1v) is 6.04. The molecule has 2 nitrogen and oxygen atoms in total. The predicted octanol–water partition coefficient (Wildman–Crippen LogP) is 4.07. The summed E-state index contributed by atoms with van der Waals surface area (Å²) in [6.45, 7) is 11.9. The number of carbonyl (C=O) groups excluding carboxylic acids is 1. The van der Waals surface area contributed by atoms with E-state index in [9.17, 15) is 4.79 Å². The van der Waals surface area contributed by atoms with Crippen molar-refractivity contribution in [3.8, 4) is 0 Å². The highest BCUT2D eigenvalue weighted by Crippen LogP contribution is 2.20. The van der Waals surface area contributed by atoms with E-state index >= 15 is 0 Å². The first-order chi connectivity index (χ1) is 7.70.